The van der Waals surface area contributed by atoms with Crippen LogP contribution in [0.3, 0.4) is 0 Å². The SMILES string of the molecule is CC1C(N)c2cccc3c2C1CCC3(C)C. The Morgan fingerprint density at radius 1 is 1.31 bits per heavy atom. The van der Waals surface area contributed by atoms with Gasteiger partial charge in [0.15, 0.2) is 0 Å². The lowest BCUT2D eigenvalue weighted by molar-refractivity contribution is 0.335. The van der Waals surface area contributed by atoms with Crippen LogP contribution in [0, 0.1) is 5.92 Å². The third kappa shape index (κ3) is 1.15. The van der Waals surface area contributed by atoms with Crippen molar-refractivity contribution in [1.82, 2.24) is 0 Å². The molecule has 0 amide bonds. The van der Waals surface area contributed by atoms with E-state index in [0.29, 0.717) is 17.3 Å². The van der Waals surface area contributed by atoms with E-state index >= 15 is 0 Å². The number of hydrogen-bond donors (Lipinski definition) is 1. The third-order valence-electron chi connectivity index (χ3n) is 4.88. The normalized spacial score (nSPS) is 34.9. The van der Waals surface area contributed by atoms with Gasteiger partial charge in [0, 0.05) is 6.04 Å². The monoisotopic (exact) mass is 215 g/mol. The van der Waals surface area contributed by atoms with Gasteiger partial charge in [0.1, 0.15) is 0 Å². The molecule has 2 aliphatic rings. The lowest BCUT2D eigenvalue weighted by Gasteiger charge is -2.36. The molecule has 1 aromatic rings. The molecule has 0 aromatic heterocycles. The Bertz CT molecular complexity index is 433. The van der Waals surface area contributed by atoms with Crippen molar-refractivity contribution in [3.8, 4) is 0 Å². The molecule has 3 rings (SSSR count). The van der Waals surface area contributed by atoms with E-state index in [-0.39, 0.29) is 6.04 Å². The van der Waals surface area contributed by atoms with Crippen molar-refractivity contribution < 1.29 is 0 Å². The second-order valence-electron chi connectivity index (χ2n) is 6.22. The van der Waals surface area contributed by atoms with Crippen LogP contribution in [0.25, 0.3) is 0 Å². The molecular weight excluding hydrogens is 194 g/mol. The molecule has 1 nitrogen and oxygen atoms in total. The molecule has 0 saturated carbocycles. The van der Waals surface area contributed by atoms with Gasteiger partial charge in [-0.25, -0.2) is 0 Å². The Morgan fingerprint density at radius 3 is 2.81 bits per heavy atom. The summed E-state index contributed by atoms with van der Waals surface area (Å²) in [5, 5.41) is 0. The van der Waals surface area contributed by atoms with Gasteiger partial charge >= 0.3 is 0 Å². The zero-order valence-corrected chi connectivity index (χ0v) is 10.5. The van der Waals surface area contributed by atoms with Crippen LogP contribution in [0.1, 0.15) is 62.3 Å². The van der Waals surface area contributed by atoms with Crippen molar-refractivity contribution in [2.45, 2.75) is 51.0 Å². The van der Waals surface area contributed by atoms with E-state index in [1.807, 2.05) is 0 Å². The van der Waals surface area contributed by atoms with Crippen LogP contribution in [0.2, 0.25) is 0 Å². The van der Waals surface area contributed by atoms with Crippen LogP contribution in [0.15, 0.2) is 18.2 Å². The van der Waals surface area contributed by atoms with E-state index in [1.54, 1.807) is 11.1 Å². The summed E-state index contributed by atoms with van der Waals surface area (Å²) in [6, 6.07) is 7.00. The summed E-state index contributed by atoms with van der Waals surface area (Å²) >= 11 is 0. The van der Waals surface area contributed by atoms with Gasteiger partial charge in [-0.05, 0) is 46.8 Å². The summed E-state index contributed by atoms with van der Waals surface area (Å²) in [5.74, 6) is 1.33. The average molecular weight is 215 g/mol. The van der Waals surface area contributed by atoms with Crippen LogP contribution < -0.4 is 5.73 Å². The largest absolute Gasteiger partial charge is 0.324 e. The fourth-order valence-corrected chi connectivity index (χ4v) is 3.73. The molecule has 3 atom stereocenters. The minimum Gasteiger partial charge on any atom is -0.324 e. The highest BCUT2D eigenvalue weighted by Gasteiger charge is 2.43. The van der Waals surface area contributed by atoms with Gasteiger partial charge in [0.2, 0.25) is 0 Å². The molecule has 1 heteroatoms. The average Bonchev–Trinajstić information content (AvgIpc) is 2.49. The molecule has 0 bridgehead atoms. The molecule has 0 saturated heterocycles. The van der Waals surface area contributed by atoms with Crippen LogP contribution in [0.5, 0.6) is 0 Å². The first-order valence-electron chi connectivity index (χ1n) is 6.41. The lowest BCUT2D eigenvalue weighted by Crippen LogP contribution is -2.26. The molecule has 0 spiro atoms. The van der Waals surface area contributed by atoms with Crippen LogP contribution in [-0.2, 0) is 5.41 Å². The Hall–Kier alpha value is -0.820. The number of rotatable bonds is 0. The van der Waals surface area contributed by atoms with Gasteiger partial charge in [-0.15, -0.1) is 0 Å². The Kier molecular flexibility index (Phi) is 2.00. The minimum absolute atomic E-state index is 0.258. The number of nitrogens with two attached hydrogens (primary N) is 1. The van der Waals surface area contributed by atoms with Gasteiger partial charge in [0.25, 0.3) is 0 Å². The summed E-state index contributed by atoms with van der Waals surface area (Å²) in [7, 11) is 0. The summed E-state index contributed by atoms with van der Waals surface area (Å²) in [6.45, 7) is 7.05. The molecular formula is C15H21N. The zero-order chi connectivity index (χ0) is 11.5. The van der Waals surface area contributed by atoms with Crippen LogP contribution >= 0.6 is 0 Å². The van der Waals surface area contributed by atoms with Crippen molar-refractivity contribution in [3.05, 3.63) is 34.9 Å². The predicted octanol–water partition coefficient (Wildman–Crippen LogP) is 3.49. The Morgan fingerprint density at radius 2 is 2.06 bits per heavy atom. The van der Waals surface area contributed by atoms with Crippen molar-refractivity contribution in [3.63, 3.8) is 0 Å². The summed E-state index contributed by atoms with van der Waals surface area (Å²) in [6.07, 6.45) is 2.61. The second-order valence-corrected chi connectivity index (χ2v) is 6.22. The lowest BCUT2D eigenvalue weighted by atomic mass is 9.68. The maximum atomic E-state index is 6.34. The van der Waals surface area contributed by atoms with Gasteiger partial charge in [-0.1, -0.05) is 39.0 Å². The maximum Gasteiger partial charge on any atom is 0.0329 e. The zero-order valence-electron chi connectivity index (χ0n) is 10.5. The van der Waals surface area contributed by atoms with Crippen molar-refractivity contribution in [2.75, 3.05) is 0 Å². The van der Waals surface area contributed by atoms with Gasteiger partial charge in [-0.3, -0.25) is 0 Å². The molecule has 1 aromatic carbocycles. The molecule has 0 fully saturated rings. The second kappa shape index (κ2) is 3.10. The van der Waals surface area contributed by atoms with E-state index in [9.17, 15) is 0 Å². The van der Waals surface area contributed by atoms with E-state index in [2.05, 4.69) is 39.0 Å². The standard InChI is InChI=1S/C15H21N/c1-9-10-7-8-15(2,3)12-6-4-5-11(13(10)12)14(9)16/h4-6,9-10,14H,7-8,16H2,1-3H3. The minimum atomic E-state index is 0.258. The van der Waals surface area contributed by atoms with E-state index < -0.39 is 0 Å². The Balaban J connectivity index is 2.25. The molecule has 86 valence electrons. The highest BCUT2D eigenvalue weighted by Crippen LogP contribution is 2.54. The highest BCUT2D eigenvalue weighted by atomic mass is 14.7. The number of hydrogen-bond acceptors (Lipinski definition) is 1. The molecule has 0 radical (unpaired) electrons. The highest BCUT2D eigenvalue weighted by molar-refractivity contribution is 5.49. The molecule has 16 heavy (non-hydrogen) atoms. The van der Waals surface area contributed by atoms with E-state index in [4.69, 9.17) is 5.73 Å². The van der Waals surface area contributed by atoms with E-state index in [1.165, 1.54) is 18.4 Å². The predicted molar refractivity (Wildman–Crippen MR) is 67.5 cm³/mol. The summed E-state index contributed by atoms with van der Waals surface area (Å²) in [4.78, 5) is 0. The summed E-state index contributed by atoms with van der Waals surface area (Å²) < 4.78 is 0. The van der Waals surface area contributed by atoms with Gasteiger partial charge < -0.3 is 5.73 Å². The van der Waals surface area contributed by atoms with Crippen LogP contribution in [-0.4, -0.2) is 0 Å². The van der Waals surface area contributed by atoms with Crippen molar-refractivity contribution in [2.24, 2.45) is 11.7 Å². The fraction of sp³-hybridized carbons (Fsp3) is 0.600. The first kappa shape index (κ1) is 10.3. The maximum absolute atomic E-state index is 6.34. The molecule has 3 unspecified atom stereocenters. The topological polar surface area (TPSA) is 26.0 Å². The fourth-order valence-electron chi connectivity index (χ4n) is 3.73. The van der Waals surface area contributed by atoms with Crippen molar-refractivity contribution >= 4 is 0 Å². The molecule has 0 heterocycles. The van der Waals surface area contributed by atoms with Crippen molar-refractivity contribution in [1.29, 1.82) is 0 Å². The third-order valence-corrected chi connectivity index (χ3v) is 4.88. The summed E-state index contributed by atoms with van der Waals surface area (Å²) in [5.41, 5.74) is 11.3. The molecule has 2 aliphatic carbocycles. The molecule has 0 aliphatic heterocycles. The quantitative estimate of drug-likeness (QED) is 0.704. The Labute approximate surface area is 98.0 Å². The smallest absolute Gasteiger partial charge is 0.0329 e. The molecule has 2 N–H and O–H groups in total. The van der Waals surface area contributed by atoms with Gasteiger partial charge in [0.05, 0.1) is 0 Å². The first-order valence-corrected chi connectivity index (χ1v) is 6.41. The first-order chi connectivity index (χ1) is 7.52. The number of benzene rings is 1. The van der Waals surface area contributed by atoms with E-state index in [0.717, 1.165) is 0 Å². The van der Waals surface area contributed by atoms with Crippen LogP contribution in [0.4, 0.5) is 0 Å². The van der Waals surface area contributed by atoms with Gasteiger partial charge in [-0.2, -0.15) is 0 Å².